The molecule has 0 aromatic heterocycles. The maximum absolute atomic E-state index is 12.6. The first kappa shape index (κ1) is 14.5. The average molecular weight is 288 g/mol. The zero-order chi connectivity index (χ0) is 14.9. The summed E-state index contributed by atoms with van der Waals surface area (Å²) < 4.78 is 42.7. The molecule has 1 aromatic rings. The van der Waals surface area contributed by atoms with Crippen LogP contribution in [0.4, 0.5) is 18.9 Å². The minimum Gasteiger partial charge on any atom is -0.497 e. The summed E-state index contributed by atoms with van der Waals surface area (Å²) in [5.41, 5.74) is 5.87. The number of methoxy groups -OCH3 is 1. The van der Waals surface area contributed by atoms with Crippen LogP contribution in [-0.4, -0.2) is 36.7 Å². The van der Waals surface area contributed by atoms with Crippen molar-refractivity contribution in [3.63, 3.8) is 0 Å². The molecule has 20 heavy (non-hydrogen) atoms. The molecule has 110 valence electrons. The third-order valence-electron chi connectivity index (χ3n) is 3.09. The number of nitrogens with zero attached hydrogens (tertiary/aromatic N) is 1. The summed E-state index contributed by atoms with van der Waals surface area (Å²) in [6, 6.07) is 4.01. The van der Waals surface area contributed by atoms with E-state index in [4.69, 9.17) is 10.5 Å². The fraction of sp³-hybridized carbons (Fsp3) is 0.462. The van der Waals surface area contributed by atoms with E-state index >= 15 is 0 Å². The highest BCUT2D eigenvalue weighted by molar-refractivity contribution is 6.00. The predicted octanol–water partition coefficient (Wildman–Crippen LogP) is 2.44. The Labute approximate surface area is 114 Å². The van der Waals surface area contributed by atoms with Gasteiger partial charge in [-0.05, 0) is 31.0 Å². The fourth-order valence-electron chi connectivity index (χ4n) is 1.95. The molecule has 0 radical (unpaired) electrons. The van der Waals surface area contributed by atoms with Crippen LogP contribution in [0.1, 0.15) is 23.2 Å². The normalized spacial score (nSPS) is 15.0. The SMILES string of the molecule is COc1ccc(N)c(C(=O)N(CC(F)(F)F)C2CC2)c1. The predicted molar refractivity (Wildman–Crippen MR) is 67.5 cm³/mol. The Morgan fingerprint density at radius 3 is 2.60 bits per heavy atom. The second-order valence-corrected chi connectivity index (χ2v) is 4.73. The number of anilines is 1. The van der Waals surface area contributed by atoms with E-state index in [1.807, 2.05) is 0 Å². The number of ether oxygens (including phenoxy) is 1. The number of benzene rings is 1. The molecule has 2 N–H and O–H groups in total. The van der Waals surface area contributed by atoms with E-state index in [0.29, 0.717) is 18.6 Å². The van der Waals surface area contributed by atoms with E-state index in [0.717, 1.165) is 4.90 Å². The van der Waals surface area contributed by atoms with Gasteiger partial charge in [-0.2, -0.15) is 13.2 Å². The largest absolute Gasteiger partial charge is 0.497 e. The molecule has 7 heteroatoms. The van der Waals surface area contributed by atoms with Crippen LogP contribution >= 0.6 is 0 Å². The molecule has 0 heterocycles. The number of alkyl halides is 3. The Morgan fingerprint density at radius 1 is 1.45 bits per heavy atom. The molecule has 0 aliphatic heterocycles. The highest BCUT2D eigenvalue weighted by atomic mass is 19.4. The first-order valence-corrected chi connectivity index (χ1v) is 6.13. The van der Waals surface area contributed by atoms with Crippen LogP contribution in [0, 0.1) is 0 Å². The van der Waals surface area contributed by atoms with Crippen molar-refractivity contribution < 1.29 is 22.7 Å². The lowest BCUT2D eigenvalue weighted by Gasteiger charge is -2.24. The van der Waals surface area contributed by atoms with Crippen LogP contribution in [-0.2, 0) is 0 Å². The lowest BCUT2D eigenvalue weighted by atomic mass is 10.1. The first-order valence-electron chi connectivity index (χ1n) is 6.13. The summed E-state index contributed by atoms with van der Waals surface area (Å²) >= 11 is 0. The average Bonchev–Trinajstić information content (AvgIpc) is 3.19. The molecule has 4 nitrogen and oxygen atoms in total. The number of hydrogen-bond acceptors (Lipinski definition) is 3. The van der Waals surface area contributed by atoms with Crippen molar-refractivity contribution in [3.8, 4) is 5.75 Å². The minimum absolute atomic E-state index is 0.0421. The van der Waals surface area contributed by atoms with Crippen molar-refractivity contribution in [1.82, 2.24) is 4.90 Å². The van der Waals surface area contributed by atoms with Crippen molar-refractivity contribution >= 4 is 11.6 Å². The van der Waals surface area contributed by atoms with Crippen molar-refractivity contribution in [2.75, 3.05) is 19.4 Å². The van der Waals surface area contributed by atoms with Gasteiger partial charge in [0.25, 0.3) is 5.91 Å². The molecule has 1 aromatic carbocycles. The first-order chi connectivity index (χ1) is 9.31. The van der Waals surface area contributed by atoms with Gasteiger partial charge in [0.05, 0.1) is 12.7 Å². The molecular formula is C13H15F3N2O2. The standard InChI is InChI=1S/C13H15F3N2O2/c1-20-9-4-5-11(17)10(6-9)12(19)18(8-2-3-8)7-13(14,15)16/h4-6,8H,2-3,7,17H2,1H3. The third-order valence-corrected chi connectivity index (χ3v) is 3.09. The Hall–Kier alpha value is -1.92. The second-order valence-electron chi connectivity index (χ2n) is 4.73. The minimum atomic E-state index is -4.42. The lowest BCUT2D eigenvalue weighted by Crippen LogP contribution is -2.40. The summed E-state index contributed by atoms with van der Waals surface area (Å²) in [7, 11) is 1.41. The van der Waals surface area contributed by atoms with Gasteiger partial charge in [0, 0.05) is 11.7 Å². The Kier molecular flexibility index (Phi) is 3.78. The number of nitrogens with two attached hydrogens (primary N) is 1. The molecule has 1 aliphatic rings. The number of carbonyl (C=O) groups is 1. The molecule has 1 aliphatic carbocycles. The van der Waals surface area contributed by atoms with Crippen molar-refractivity contribution in [1.29, 1.82) is 0 Å². The van der Waals surface area contributed by atoms with Crippen LogP contribution in [0.2, 0.25) is 0 Å². The van der Waals surface area contributed by atoms with Crippen LogP contribution in [0.25, 0.3) is 0 Å². The van der Waals surface area contributed by atoms with Gasteiger partial charge in [0.15, 0.2) is 0 Å². The monoisotopic (exact) mass is 288 g/mol. The molecular weight excluding hydrogens is 273 g/mol. The number of amides is 1. The van der Waals surface area contributed by atoms with Gasteiger partial charge in [-0.1, -0.05) is 0 Å². The molecule has 0 spiro atoms. The quantitative estimate of drug-likeness (QED) is 0.866. The summed E-state index contributed by atoms with van der Waals surface area (Å²) in [5.74, 6) is -0.327. The molecule has 1 amide bonds. The third kappa shape index (κ3) is 3.34. The molecule has 0 bridgehead atoms. The highest BCUT2D eigenvalue weighted by Crippen LogP contribution is 2.32. The van der Waals surface area contributed by atoms with Crippen molar-refractivity contribution in [2.24, 2.45) is 0 Å². The smallest absolute Gasteiger partial charge is 0.406 e. The van der Waals surface area contributed by atoms with E-state index < -0.39 is 18.6 Å². The van der Waals surface area contributed by atoms with E-state index in [-0.39, 0.29) is 17.3 Å². The van der Waals surface area contributed by atoms with Crippen molar-refractivity contribution in [3.05, 3.63) is 23.8 Å². The number of halogens is 3. The maximum atomic E-state index is 12.6. The van der Waals surface area contributed by atoms with Crippen LogP contribution in [0.15, 0.2) is 18.2 Å². The van der Waals surface area contributed by atoms with Crippen LogP contribution < -0.4 is 10.5 Å². The molecule has 1 saturated carbocycles. The maximum Gasteiger partial charge on any atom is 0.406 e. The van der Waals surface area contributed by atoms with E-state index in [1.54, 1.807) is 6.07 Å². The lowest BCUT2D eigenvalue weighted by molar-refractivity contribution is -0.141. The highest BCUT2D eigenvalue weighted by Gasteiger charge is 2.41. The molecule has 0 unspecified atom stereocenters. The van der Waals surface area contributed by atoms with E-state index in [2.05, 4.69) is 0 Å². The summed E-state index contributed by atoms with van der Waals surface area (Å²) in [6.45, 7) is -1.26. The van der Waals surface area contributed by atoms with Gasteiger partial charge < -0.3 is 15.4 Å². The van der Waals surface area contributed by atoms with Crippen LogP contribution in [0.5, 0.6) is 5.75 Å². The molecule has 0 atom stereocenters. The summed E-state index contributed by atoms with van der Waals surface area (Å²) in [6.07, 6.45) is -3.25. The Morgan fingerprint density at radius 2 is 2.10 bits per heavy atom. The molecule has 0 saturated heterocycles. The zero-order valence-corrected chi connectivity index (χ0v) is 10.9. The zero-order valence-electron chi connectivity index (χ0n) is 10.9. The van der Waals surface area contributed by atoms with Crippen LogP contribution in [0.3, 0.4) is 0 Å². The number of rotatable bonds is 4. The Balaban J connectivity index is 2.27. The summed E-state index contributed by atoms with van der Waals surface area (Å²) in [5, 5.41) is 0. The van der Waals surface area contributed by atoms with E-state index in [1.165, 1.54) is 19.2 Å². The molecule has 1 fully saturated rings. The number of nitrogen functional groups attached to an aromatic ring is 1. The van der Waals surface area contributed by atoms with Gasteiger partial charge in [-0.15, -0.1) is 0 Å². The number of carbonyl (C=O) groups excluding carboxylic acids is 1. The van der Waals surface area contributed by atoms with E-state index in [9.17, 15) is 18.0 Å². The Bertz CT molecular complexity index is 513. The van der Waals surface area contributed by atoms with Gasteiger partial charge in [-0.25, -0.2) is 0 Å². The van der Waals surface area contributed by atoms with Gasteiger partial charge >= 0.3 is 6.18 Å². The van der Waals surface area contributed by atoms with Gasteiger partial charge in [0.2, 0.25) is 0 Å². The topological polar surface area (TPSA) is 55.6 Å². The number of hydrogen-bond donors (Lipinski definition) is 1. The fourth-order valence-corrected chi connectivity index (χ4v) is 1.95. The molecule has 2 rings (SSSR count). The second kappa shape index (κ2) is 5.22. The summed E-state index contributed by atoms with van der Waals surface area (Å²) in [4.78, 5) is 13.1. The van der Waals surface area contributed by atoms with Gasteiger partial charge in [-0.3, -0.25) is 4.79 Å². The van der Waals surface area contributed by atoms with Gasteiger partial charge in [0.1, 0.15) is 12.3 Å². The van der Waals surface area contributed by atoms with Crippen molar-refractivity contribution in [2.45, 2.75) is 25.1 Å².